The molecule has 2 N–H and O–H groups in total. The van der Waals surface area contributed by atoms with E-state index in [0.29, 0.717) is 6.42 Å². The van der Waals surface area contributed by atoms with Gasteiger partial charge in [-0.05, 0) is 55.9 Å². The van der Waals surface area contributed by atoms with E-state index in [-0.39, 0.29) is 0 Å². The summed E-state index contributed by atoms with van der Waals surface area (Å²) in [6, 6.07) is 6.14. The number of ether oxygens (including phenoxy) is 1. The molecule has 19 heavy (non-hydrogen) atoms. The van der Waals surface area contributed by atoms with Gasteiger partial charge in [-0.2, -0.15) is 0 Å². The molecule has 0 saturated carbocycles. The molecule has 0 bridgehead atoms. The molecule has 0 aliphatic heterocycles. The van der Waals surface area contributed by atoms with Gasteiger partial charge in [0, 0.05) is 0 Å². The van der Waals surface area contributed by atoms with Crippen LogP contribution in [0.25, 0.3) is 0 Å². The van der Waals surface area contributed by atoms with Crippen molar-refractivity contribution in [2.24, 2.45) is 0 Å². The average molecular weight is 266 g/mol. The smallest absolute Gasteiger partial charge is 0.119 e. The fourth-order valence-corrected chi connectivity index (χ4v) is 2.03. The molecule has 0 amide bonds. The lowest BCUT2D eigenvalue weighted by atomic mass is 9.98. The first-order chi connectivity index (χ1) is 9.08. The van der Waals surface area contributed by atoms with Gasteiger partial charge in [0.05, 0.1) is 18.8 Å². The predicted molar refractivity (Wildman–Crippen MR) is 77.6 cm³/mol. The quantitative estimate of drug-likeness (QED) is 0.760. The van der Waals surface area contributed by atoms with Gasteiger partial charge in [-0.3, -0.25) is 0 Å². The lowest BCUT2D eigenvalue weighted by Gasteiger charge is -2.15. The molecule has 1 aromatic rings. The van der Waals surface area contributed by atoms with Crippen LogP contribution in [0.2, 0.25) is 0 Å². The highest BCUT2D eigenvalue weighted by Gasteiger charge is 2.12. The SMILES string of the molecule is CCCOc1ccc(CCC(O)C(C)O)c(CC)c1. The van der Waals surface area contributed by atoms with Gasteiger partial charge in [0.1, 0.15) is 5.75 Å². The maximum atomic E-state index is 9.65. The molecule has 0 spiro atoms. The van der Waals surface area contributed by atoms with E-state index in [9.17, 15) is 10.2 Å². The normalized spacial score (nSPS) is 14.2. The van der Waals surface area contributed by atoms with Gasteiger partial charge in [0.25, 0.3) is 0 Å². The summed E-state index contributed by atoms with van der Waals surface area (Å²) in [5.74, 6) is 0.915. The summed E-state index contributed by atoms with van der Waals surface area (Å²) in [6.07, 6.45) is 1.99. The van der Waals surface area contributed by atoms with Gasteiger partial charge in [0.2, 0.25) is 0 Å². The van der Waals surface area contributed by atoms with E-state index in [4.69, 9.17) is 4.74 Å². The average Bonchev–Trinajstić information content (AvgIpc) is 2.42. The Kier molecular flexibility index (Phi) is 6.89. The maximum absolute atomic E-state index is 9.65. The van der Waals surface area contributed by atoms with Gasteiger partial charge in [0.15, 0.2) is 0 Å². The van der Waals surface area contributed by atoms with E-state index in [0.717, 1.165) is 31.6 Å². The van der Waals surface area contributed by atoms with Crippen LogP contribution in [0.4, 0.5) is 0 Å². The summed E-state index contributed by atoms with van der Waals surface area (Å²) in [5, 5.41) is 18.9. The molecule has 3 nitrogen and oxygen atoms in total. The van der Waals surface area contributed by atoms with E-state index in [1.807, 2.05) is 6.07 Å². The first-order valence-corrected chi connectivity index (χ1v) is 7.19. The van der Waals surface area contributed by atoms with Crippen LogP contribution in [-0.4, -0.2) is 29.0 Å². The fraction of sp³-hybridized carbons (Fsp3) is 0.625. The van der Waals surface area contributed by atoms with Crippen LogP contribution in [0.1, 0.15) is 44.7 Å². The number of rotatable bonds is 8. The Hall–Kier alpha value is -1.06. The molecule has 0 saturated heterocycles. The molecule has 2 atom stereocenters. The number of benzene rings is 1. The Balaban J connectivity index is 2.67. The van der Waals surface area contributed by atoms with Crippen molar-refractivity contribution in [2.45, 2.75) is 58.7 Å². The van der Waals surface area contributed by atoms with Crippen LogP contribution in [-0.2, 0) is 12.8 Å². The van der Waals surface area contributed by atoms with Crippen molar-refractivity contribution in [3.63, 3.8) is 0 Å². The Morgan fingerprint density at radius 3 is 2.47 bits per heavy atom. The van der Waals surface area contributed by atoms with Crippen molar-refractivity contribution >= 4 is 0 Å². The number of aryl methyl sites for hydroxylation is 2. The zero-order valence-electron chi connectivity index (χ0n) is 12.2. The summed E-state index contributed by atoms with van der Waals surface area (Å²) in [7, 11) is 0. The summed E-state index contributed by atoms with van der Waals surface area (Å²) >= 11 is 0. The van der Waals surface area contributed by atoms with Gasteiger partial charge in [-0.1, -0.05) is 19.9 Å². The lowest BCUT2D eigenvalue weighted by molar-refractivity contribution is 0.0265. The summed E-state index contributed by atoms with van der Waals surface area (Å²) < 4.78 is 5.63. The summed E-state index contributed by atoms with van der Waals surface area (Å²) in [5.41, 5.74) is 2.48. The fourth-order valence-electron chi connectivity index (χ4n) is 2.03. The maximum Gasteiger partial charge on any atom is 0.119 e. The van der Waals surface area contributed by atoms with Crippen LogP contribution in [0.3, 0.4) is 0 Å². The molecule has 0 radical (unpaired) electrons. The second-order valence-corrected chi connectivity index (χ2v) is 4.98. The Morgan fingerprint density at radius 2 is 1.89 bits per heavy atom. The Morgan fingerprint density at radius 1 is 1.16 bits per heavy atom. The minimum atomic E-state index is -0.669. The third kappa shape index (κ3) is 5.21. The van der Waals surface area contributed by atoms with Crippen LogP contribution < -0.4 is 4.74 Å². The summed E-state index contributed by atoms with van der Waals surface area (Å²) in [4.78, 5) is 0. The third-order valence-electron chi connectivity index (χ3n) is 3.30. The first-order valence-electron chi connectivity index (χ1n) is 7.19. The van der Waals surface area contributed by atoms with Crippen molar-refractivity contribution in [3.05, 3.63) is 29.3 Å². The zero-order chi connectivity index (χ0) is 14.3. The minimum absolute atomic E-state index is 0.583. The lowest BCUT2D eigenvalue weighted by Crippen LogP contribution is -2.23. The second-order valence-electron chi connectivity index (χ2n) is 4.98. The number of hydrogen-bond donors (Lipinski definition) is 2. The van der Waals surface area contributed by atoms with Crippen molar-refractivity contribution in [1.82, 2.24) is 0 Å². The Labute approximate surface area is 116 Å². The highest BCUT2D eigenvalue weighted by molar-refractivity contribution is 5.36. The van der Waals surface area contributed by atoms with Crippen LogP contribution >= 0.6 is 0 Å². The standard InChI is InChI=1S/C16H26O3/c1-4-10-19-15-8-6-14(13(5-2)11-15)7-9-16(18)12(3)17/h6,8,11-12,16-18H,4-5,7,9-10H2,1-3H3. The van der Waals surface area contributed by atoms with Gasteiger partial charge >= 0.3 is 0 Å². The molecule has 1 aromatic carbocycles. The zero-order valence-corrected chi connectivity index (χ0v) is 12.2. The third-order valence-corrected chi connectivity index (χ3v) is 3.30. The number of hydrogen-bond acceptors (Lipinski definition) is 3. The molecule has 2 unspecified atom stereocenters. The largest absolute Gasteiger partial charge is 0.494 e. The Bertz CT molecular complexity index is 374. The van der Waals surface area contributed by atoms with E-state index in [1.165, 1.54) is 11.1 Å². The molecule has 3 heteroatoms. The molecule has 108 valence electrons. The van der Waals surface area contributed by atoms with Crippen LogP contribution in [0, 0.1) is 0 Å². The number of aliphatic hydroxyl groups excluding tert-OH is 2. The topological polar surface area (TPSA) is 49.7 Å². The molecule has 1 rings (SSSR count). The van der Waals surface area contributed by atoms with E-state index in [2.05, 4.69) is 26.0 Å². The molecule has 0 aliphatic rings. The van der Waals surface area contributed by atoms with E-state index < -0.39 is 12.2 Å². The molecular formula is C16H26O3. The monoisotopic (exact) mass is 266 g/mol. The van der Waals surface area contributed by atoms with Crippen molar-refractivity contribution in [3.8, 4) is 5.75 Å². The first kappa shape index (κ1) is 16.0. The van der Waals surface area contributed by atoms with Crippen LogP contribution in [0.5, 0.6) is 5.75 Å². The van der Waals surface area contributed by atoms with Crippen molar-refractivity contribution < 1.29 is 14.9 Å². The van der Waals surface area contributed by atoms with Gasteiger partial charge in [-0.25, -0.2) is 0 Å². The summed E-state index contributed by atoms with van der Waals surface area (Å²) in [6.45, 7) is 6.57. The highest BCUT2D eigenvalue weighted by Crippen LogP contribution is 2.21. The molecule has 0 aromatic heterocycles. The minimum Gasteiger partial charge on any atom is -0.494 e. The highest BCUT2D eigenvalue weighted by atomic mass is 16.5. The van der Waals surface area contributed by atoms with Crippen molar-refractivity contribution in [1.29, 1.82) is 0 Å². The number of aliphatic hydroxyl groups is 2. The van der Waals surface area contributed by atoms with E-state index in [1.54, 1.807) is 6.92 Å². The van der Waals surface area contributed by atoms with Crippen molar-refractivity contribution in [2.75, 3.05) is 6.61 Å². The predicted octanol–water partition coefficient (Wildman–Crippen LogP) is 2.71. The molecular weight excluding hydrogens is 240 g/mol. The van der Waals surface area contributed by atoms with Crippen LogP contribution in [0.15, 0.2) is 18.2 Å². The molecule has 0 aliphatic carbocycles. The van der Waals surface area contributed by atoms with Gasteiger partial charge < -0.3 is 14.9 Å². The molecule has 0 fully saturated rings. The van der Waals surface area contributed by atoms with Gasteiger partial charge in [-0.15, -0.1) is 0 Å². The second kappa shape index (κ2) is 8.18. The molecule has 0 heterocycles. The van der Waals surface area contributed by atoms with E-state index >= 15 is 0 Å².